The van der Waals surface area contributed by atoms with Gasteiger partial charge in [0.05, 0.1) is 6.61 Å². The van der Waals surface area contributed by atoms with Gasteiger partial charge in [-0.3, -0.25) is 0 Å². The van der Waals surface area contributed by atoms with Gasteiger partial charge in [-0.2, -0.15) is 0 Å². The van der Waals surface area contributed by atoms with Crippen LogP contribution in [0.3, 0.4) is 0 Å². The molecule has 1 heterocycles. The maximum atomic E-state index is 12.2. The van der Waals surface area contributed by atoms with E-state index in [0.29, 0.717) is 13.0 Å². The summed E-state index contributed by atoms with van der Waals surface area (Å²) in [5.74, 6) is -0.278. The number of hydrogen-bond acceptors (Lipinski definition) is 5. The molecule has 6 heteroatoms. The molecule has 0 spiro atoms. The Morgan fingerprint density at radius 1 is 1.29 bits per heavy atom. The lowest BCUT2D eigenvalue weighted by atomic mass is 9.94. The van der Waals surface area contributed by atoms with Crippen molar-refractivity contribution in [1.29, 1.82) is 0 Å². The first-order valence-corrected chi connectivity index (χ1v) is 8.31. The molecule has 1 amide bonds. The minimum atomic E-state index is -0.517. The quantitative estimate of drug-likeness (QED) is 0.638. The van der Waals surface area contributed by atoms with E-state index in [1.165, 1.54) is 5.56 Å². The standard InChI is InChI=1S/C18H26N2O4/c1-18(2,3)24-17(22)20-10-6-12-23-16(21)15-14-8-5-4-7-13(14)9-11-19-15/h4-5,7-8,15,19H,6,9-12H2,1-3H3,(H,20,22). The van der Waals surface area contributed by atoms with Crippen LogP contribution in [-0.2, 0) is 20.7 Å². The number of fused-ring (bicyclic) bond motifs is 1. The molecule has 24 heavy (non-hydrogen) atoms. The number of carbonyl (C=O) groups excluding carboxylic acids is 2. The van der Waals surface area contributed by atoms with Crippen molar-refractivity contribution in [2.24, 2.45) is 0 Å². The number of ether oxygens (including phenoxy) is 2. The highest BCUT2D eigenvalue weighted by molar-refractivity contribution is 5.78. The number of esters is 1. The zero-order valence-corrected chi connectivity index (χ0v) is 14.6. The van der Waals surface area contributed by atoms with Crippen LogP contribution >= 0.6 is 0 Å². The molecule has 1 aliphatic rings. The van der Waals surface area contributed by atoms with Gasteiger partial charge in [0, 0.05) is 13.1 Å². The Bertz CT molecular complexity index is 581. The van der Waals surface area contributed by atoms with Gasteiger partial charge in [0.1, 0.15) is 11.6 Å². The molecule has 1 aromatic rings. The molecule has 2 rings (SSSR count). The van der Waals surface area contributed by atoms with Crippen LogP contribution in [0.1, 0.15) is 44.4 Å². The first-order chi connectivity index (χ1) is 11.4. The maximum absolute atomic E-state index is 12.2. The van der Waals surface area contributed by atoms with Gasteiger partial charge in [-0.05, 0) is 44.7 Å². The monoisotopic (exact) mass is 334 g/mol. The summed E-state index contributed by atoms with van der Waals surface area (Å²) in [5.41, 5.74) is 1.65. The van der Waals surface area contributed by atoms with Gasteiger partial charge in [-0.25, -0.2) is 9.59 Å². The van der Waals surface area contributed by atoms with Crippen molar-refractivity contribution in [3.8, 4) is 0 Å². The number of nitrogens with one attached hydrogen (secondary N) is 2. The van der Waals surface area contributed by atoms with Crippen molar-refractivity contribution in [2.45, 2.75) is 45.3 Å². The first kappa shape index (κ1) is 18.3. The molecule has 0 radical (unpaired) electrons. The molecule has 0 aromatic heterocycles. The average Bonchev–Trinajstić information content (AvgIpc) is 2.52. The number of benzene rings is 1. The van der Waals surface area contributed by atoms with Gasteiger partial charge >= 0.3 is 12.1 Å². The summed E-state index contributed by atoms with van der Waals surface area (Å²) in [7, 11) is 0. The van der Waals surface area contributed by atoms with E-state index in [1.54, 1.807) is 0 Å². The van der Waals surface area contributed by atoms with Crippen molar-refractivity contribution < 1.29 is 19.1 Å². The minimum Gasteiger partial charge on any atom is -0.464 e. The van der Waals surface area contributed by atoms with Crippen LogP contribution in [0.15, 0.2) is 24.3 Å². The van der Waals surface area contributed by atoms with Crippen LogP contribution in [0, 0.1) is 0 Å². The maximum Gasteiger partial charge on any atom is 0.407 e. The zero-order valence-electron chi connectivity index (χ0n) is 14.6. The molecular formula is C18H26N2O4. The second-order valence-electron chi connectivity index (χ2n) is 6.79. The largest absolute Gasteiger partial charge is 0.464 e. The summed E-state index contributed by atoms with van der Waals surface area (Å²) < 4.78 is 10.5. The number of hydrogen-bond donors (Lipinski definition) is 2. The highest BCUT2D eigenvalue weighted by Gasteiger charge is 2.26. The first-order valence-electron chi connectivity index (χ1n) is 8.31. The van der Waals surface area contributed by atoms with Crippen LogP contribution in [0.4, 0.5) is 4.79 Å². The number of rotatable bonds is 5. The third-order valence-corrected chi connectivity index (χ3v) is 3.58. The van der Waals surface area contributed by atoms with E-state index in [-0.39, 0.29) is 12.6 Å². The van der Waals surface area contributed by atoms with Crippen LogP contribution < -0.4 is 10.6 Å². The van der Waals surface area contributed by atoms with Gasteiger partial charge in [-0.1, -0.05) is 24.3 Å². The molecule has 1 aliphatic heterocycles. The van der Waals surface area contributed by atoms with Gasteiger partial charge in [-0.15, -0.1) is 0 Å². The highest BCUT2D eigenvalue weighted by atomic mass is 16.6. The van der Waals surface area contributed by atoms with E-state index in [2.05, 4.69) is 10.6 Å². The normalized spacial score (nSPS) is 16.9. The van der Waals surface area contributed by atoms with Crippen molar-refractivity contribution in [1.82, 2.24) is 10.6 Å². The van der Waals surface area contributed by atoms with Crippen molar-refractivity contribution in [2.75, 3.05) is 19.7 Å². The fourth-order valence-electron chi connectivity index (χ4n) is 2.55. The fraction of sp³-hybridized carbons (Fsp3) is 0.556. The number of carbonyl (C=O) groups is 2. The molecule has 2 N–H and O–H groups in total. The molecule has 132 valence electrons. The lowest BCUT2D eigenvalue weighted by Gasteiger charge is -2.25. The minimum absolute atomic E-state index is 0.259. The average molecular weight is 334 g/mol. The molecule has 0 bridgehead atoms. The fourth-order valence-corrected chi connectivity index (χ4v) is 2.55. The van der Waals surface area contributed by atoms with E-state index in [1.807, 2.05) is 45.0 Å². The Labute approximate surface area is 142 Å². The Kier molecular flexibility index (Phi) is 6.20. The Morgan fingerprint density at radius 2 is 2.04 bits per heavy atom. The second-order valence-corrected chi connectivity index (χ2v) is 6.79. The predicted molar refractivity (Wildman–Crippen MR) is 90.7 cm³/mol. The molecule has 6 nitrogen and oxygen atoms in total. The SMILES string of the molecule is CC(C)(C)OC(=O)NCCCOC(=O)C1NCCc2ccccc21. The van der Waals surface area contributed by atoms with E-state index in [4.69, 9.17) is 9.47 Å². The highest BCUT2D eigenvalue weighted by Crippen LogP contribution is 2.23. The Balaban J connectivity index is 1.70. The summed E-state index contributed by atoms with van der Waals surface area (Å²) in [4.78, 5) is 23.7. The summed E-state index contributed by atoms with van der Waals surface area (Å²) >= 11 is 0. The topological polar surface area (TPSA) is 76.7 Å². The van der Waals surface area contributed by atoms with Crippen LogP contribution in [-0.4, -0.2) is 37.4 Å². The van der Waals surface area contributed by atoms with Crippen molar-refractivity contribution >= 4 is 12.1 Å². The molecule has 0 saturated carbocycles. The number of alkyl carbamates (subject to hydrolysis) is 1. The second kappa shape index (κ2) is 8.15. The van der Waals surface area contributed by atoms with Gasteiger partial charge in [0.2, 0.25) is 0 Å². The van der Waals surface area contributed by atoms with Crippen LogP contribution in [0.25, 0.3) is 0 Å². The van der Waals surface area contributed by atoms with Crippen LogP contribution in [0.2, 0.25) is 0 Å². The van der Waals surface area contributed by atoms with Gasteiger partial charge in [0.15, 0.2) is 0 Å². The van der Waals surface area contributed by atoms with Crippen molar-refractivity contribution in [3.63, 3.8) is 0 Å². The molecular weight excluding hydrogens is 308 g/mol. The molecule has 1 aromatic carbocycles. The van der Waals surface area contributed by atoms with Gasteiger partial charge in [0.25, 0.3) is 0 Å². The molecule has 1 atom stereocenters. The number of amides is 1. The molecule has 0 fully saturated rings. The van der Waals surface area contributed by atoms with Crippen LogP contribution in [0.5, 0.6) is 0 Å². The summed E-state index contributed by atoms with van der Waals surface area (Å²) in [5, 5.41) is 5.84. The van der Waals surface area contributed by atoms with Gasteiger partial charge < -0.3 is 20.1 Å². The third-order valence-electron chi connectivity index (χ3n) is 3.58. The molecule has 1 unspecified atom stereocenters. The summed E-state index contributed by atoms with van der Waals surface area (Å²) in [6.45, 7) is 6.85. The summed E-state index contributed by atoms with van der Waals surface area (Å²) in [6, 6.07) is 7.50. The predicted octanol–water partition coefficient (Wildman–Crippen LogP) is 2.33. The summed E-state index contributed by atoms with van der Waals surface area (Å²) in [6.07, 6.45) is 0.996. The Morgan fingerprint density at radius 3 is 2.79 bits per heavy atom. The lowest BCUT2D eigenvalue weighted by Crippen LogP contribution is -2.36. The molecule has 0 saturated heterocycles. The van der Waals surface area contributed by atoms with E-state index >= 15 is 0 Å². The van der Waals surface area contributed by atoms with Crippen molar-refractivity contribution in [3.05, 3.63) is 35.4 Å². The third kappa shape index (κ3) is 5.53. The van der Waals surface area contributed by atoms with E-state index in [0.717, 1.165) is 18.5 Å². The van der Waals surface area contributed by atoms with E-state index < -0.39 is 17.7 Å². The lowest BCUT2D eigenvalue weighted by molar-refractivity contribution is -0.146. The smallest absolute Gasteiger partial charge is 0.407 e. The zero-order chi connectivity index (χ0) is 17.6. The van der Waals surface area contributed by atoms with E-state index in [9.17, 15) is 9.59 Å². The Hall–Kier alpha value is -2.08. The molecule has 0 aliphatic carbocycles.